The van der Waals surface area contributed by atoms with Gasteiger partial charge in [-0.2, -0.15) is 0 Å². The molecule has 0 fully saturated rings. The summed E-state index contributed by atoms with van der Waals surface area (Å²) in [7, 11) is 0. The lowest BCUT2D eigenvalue weighted by molar-refractivity contribution is 0.0695. The number of furan rings is 1. The summed E-state index contributed by atoms with van der Waals surface area (Å²) in [6.07, 6.45) is 0. The molecule has 0 aliphatic rings. The molecular formula is C15H25NO3. The number of aromatic carboxylic acids is 1. The van der Waals surface area contributed by atoms with E-state index in [9.17, 15) is 4.79 Å². The minimum Gasteiger partial charge on any atom is -0.478 e. The number of hydrogen-bond acceptors (Lipinski definition) is 3. The van der Waals surface area contributed by atoms with Crippen molar-refractivity contribution in [3.8, 4) is 0 Å². The Hall–Kier alpha value is -1.29. The third-order valence-electron chi connectivity index (χ3n) is 3.59. The van der Waals surface area contributed by atoms with Crippen LogP contribution in [0, 0.1) is 24.7 Å². The first-order valence-electron chi connectivity index (χ1n) is 6.86. The summed E-state index contributed by atoms with van der Waals surface area (Å²) in [6.45, 7) is 12.1. The van der Waals surface area contributed by atoms with Gasteiger partial charge in [-0.15, -0.1) is 0 Å². The van der Waals surface area contributed by atoms with Crippen LogP contribution in [0.2, 0.25) is 0 Å². The molecule has 0 radical (unpaired) electrons. The largest absolute Gasteiger partial charge is 0.478 e. The summed E-state index contributed by atoms with van der Waals surface area (Å²) in [4.78, 5) is 10.9. The van der Waals surface area contributed by atoms with Crippen LogP contribution in [0.5, 0.6) is 0 Å². The van der Waals surface area contributed by atoms with Crippen LogP contribution in [-0.4, -0.2) is 17.6 Å². The molecule has 1 aromatic rings. The van der Waals surface area contributed by atoms with Crippen LogP contribution < -0.4 is 5.32 Å². The Morgan fingerprint density at radius 3 is 2.32 bits per heavy atom. The Morgan fingerprint density at radius 1 is 1.32 bits per heavy atom. The third kappa shape index (κ3) is 4.39. The average Bonchev–Trinajstić information content (AvgIpc) is 2.65. The van der Waals surface area contributed by atoms with Crippen LogP contribution in [0.25, 0.3) is 0 Å². The zero-order valence-corrected chi connectivity index (χ0v) is 12.5. The van der Waals surface area contributed by atoms with E-state index in [1.807, 2.05) is 0 Å². The minimum absolute atomic E-state index is 0.251. The van der Waals surface area contributed by atoms with Crippen molar-refractivity contribution in [2.45, 2.75) is 41.2 Å². The summed E-state index contributed by atoms with van der Waals surface area (Å²) >= 11 is 0. The van der Waals surface area contributed by atoms with E-state index in [4.69, 9.17) is 9.52 Å². The van der Waals surface area contributed by atoms with Crippen molar-refractivity contribution in [3.63, 3.8) is 0 Å². The fourth-order valence-electron chi connectivity index (χ4n) is 2.45. The number of aryl methyl sites for hydroxylation is 1. The molecule has 0 aromatic carbocycles. The zero-order chi connectivity index (χ0) is 14.6. The quantitative estimate of drug-likeness (QED) is 0.795. The fraction of sp³-hybridized carbons (Fsp3) is 0.667. The van der Waals surface area contributed by atoms with Crippen molar-refractivity contribution in [3.05, 3.63) is 23.2 Å². The van der Waals surface area contributed by atoms with Gasteiger partial charge in [0.2, 0.25) is 0 Å². The Kier molecular flexibility index (Phi) is 5.60. The number of nitrogens with one attached hydrogen (secondary N) is 1. The number of carbonyl (C=O) groups is 1. The molecule has 0 atom stereocenters. The monoisotopic (exact) mass is 267 g/mol. The summed E-state index contributed by atoms with van der Waals surface area (Å²) in [5.41, 5.74) is 0.251. The van der Waals surface area contributed by atoms with Crippen LogP contribution in [0.1, 0.15) is 49.6 Å². The van der Waals surface area contributed by atoms with Gasteiger partial charge in [0.1, 0.15) is 17.1 Å². The molecule has 1 aromatic heterocycles. The van der Waals surface area contributed by atoms with E-state index in [0.29, 0.717) is 35.8 Å². The summed E-state index contributed by atoms with van der Waals surface area (Å²) in [5, 5.41) is 12.3. The molecule has 4 heteroatoms. The van der Waals surface area contributed by atoms with Gasteiger partial charge in [0.05, 0.1) is 6.54 Å². The van der Waals surface area contributed by atoms with Gasteiger partial charge in [-0.1, -0.05) is 27.7 Å². The average molecular weight is 267 g/mol. The molecule has 1 heterocycles. The molecule has 0 unspecified atom stereocenters. The minimum atomic E-state index is -0.935. The molecular weight excluding hydrogens is 242 g/mol. The number of rotatable bonds is 7. The van der Waals surface area contributed by atoms with Crippen molar-refractivity contribution in [1.29, 1.82) is 0 Å². The second-order valence-electron chi connectivity index (χ2n) is 5.77. The standard InChI is InChI=1S/C15H25NO3/c1-9(2)14(10(3)4)8-16-7-12-6-13(15(17)18)11(5)19-12/h6,9-10,14,16H,7-8H2,1-5H3,(H,17,18). The number of carboxylic acids is 1. The van der Waals surface area contributed by atoms with Gasteiger partial charge in [0, 0.05) is 0 Å². The first-order valence-corrected chi connectivity index (χ1v) is 6.86. The van der Waals surface area contributed by atoms with E-state index in [1.165, 1.54) is 0 Å². The fourth-order valence-corrected chi connectivity index (χ4v) is 2.45. The van der Waals surface area contributed by atoms with E-state index in [0.717, 1.165) is 6.54 Å². The van der Waals surface area contributed by atoms with Gasteiger partial charge in [0.15, 0.2) is 0 Å². The lowest BCUT2D eigenvalue weighted by Gasteiger charge is -2.24. The van der Waals surface area contributed by atoms with Crippen molar-refractivity contribution in [2.24, 2.45) is 17.8 Å². The molecule has 19 heavy (non-hydrogen) atoms. The van der Waals surface area contributed by atoms with Gasteiger partial charge in [-0.3, -0.25) is 0 Å². The van der Waals surface area contributed by atoms with Gasteiger partial charge in [0.25, 0.3) is 0 Å². The third-order valence-corrected chi connectivity index (χ3v) is 3.59. The van der Waals surface area contributed by atoms with Crippen molar-refractivity contribution >= 4 is 5.97 Å². The molecule has 4 nitrogen and oxygen atoms in total. The van der Waals surface area contributed by atoms with Crippen LogP contribution in [0.3, 0.4) is 0 Å². The summed E-state index contributed by atoms with van der Waals surface area (Å²) in [5.74, 6) is 2.07. The predicted octanol–water partition coefficient (Wildman–Crippen LogP) is 3.30. The molecule has 0 amide bonds. The maximum Gasteiger partial charge on any atom is 0.339 e. The van der Waals surface area contributed by atoms with E-state index >= 15 is 0 Å². The lowest BCUT2D eigenvalue weighted by Crippen LogP contribution is -2.29. The van der Waals surface area contributed by atoms with Crippen molar-refractivity contribution in [2.75, 3.05) is 6.54 Å². The van der Waals surface area contributed by atoms with Crippen molar-refractivity contribution < 1.29 is 14.3 Å². The highest BCUT2D eigenvalue weighted by Crippen LogP contribution is 2.20. The highest BCUT2D eigenvalue weighted by Gasteiger charge is 2.18. The summed E-state index contributed by atoms with van der Waals surface area (Å²) < 4.78 is 5.44. The highest BCUT2D eigenvalue weighted by atomic mass is 16.4. The predicted molar refractivity (Wildman–Crippen MR) is 75.3 cm³/mol. The SMILES string of the molecule is Cc1oc(CNCC(C(C)C)C(C)C)cc1C(=O)O. The van der Waals surface area contributed by atoms with Crippen LogP contribution in [0.15, 0.2) is 10.5 Å². The van der Waals surface area contributed by atoms with E-state index < -0.39 is 5.97 Å². The smallest absolute Gasteiger partial charge is 0.339 e. The Labute approximate surface area is 115 Å². The molecule has 0 aliphatic carbocycles. The van der Waals surface area contributed by atoms with Crippen LogP contribution in [0.4, 0.5) is 0 Å². The summed E-state index contributed by atoms with van der Waals surface area (Å²) in [6, 6.07) is 1.60. The molecule has 0 saturated carbocycles. The van der Waals surface area contributed by atoms with Crippen LogP contribution in [-0.2, 0) is 6.54 Å². The Balaban J connectivity index is 2.53. The topological polar surface area (TPSA) is 62.5 Å². The van der Waals surface area contributed by atoms with Gasteiger partial charge >= 0.3 is 5.97 Å². The molecule has 2 N–H and O–H groups in total. The van der Waals surface area contributed by atoms with Gasteiger partial charge in [-0.25, -0.2) is 4.79 Å². The Morgan fingerprint density at radius 2 is 1.89 bits per heavy atom. The second kappa shape index (κ2) is 6.75. The van der Waals surface area contributed by atoms with E-state index in [1.54, 1.807) is 13.0 Å². The second-order valence-corrected chi connectivity index (χ2v) is 5.77. The molecule has 0 aliphatic heterocycles. The van der Waals surface area contributed by atoms with Crippen LogP contribution >= 0.6 is 0 Å². The zero-order valence-electron chi connectivity index (χ0n) is 12.5. The molecule has 0 bridgehead atoms. The molecule has 108 valence electrons. The van der Waals surface area contributed by atoms with E-state index in [2.05, 4.69) is 33.0 Å². The van der Waals surface area contributed by atoms with Gasteiger partial charge in [-0.05, 0) is 37.3 Å². The molecule has 1 rings (SSSR count). The number of hydrogen-bond donors (Lipinski definition) is 2. The number of carboxylic acid groups (broad SMARTS) is 1. The maximum atomic E-state index is 10.9. The normalized spacial score (nSPS) is 11.8. The maximum absolute atomic E-state index is 10.9. The highest BCUT2D eigenvalue weighted by molar-refractivity contribution is 5.88. The first kappa shape index (κ1) is 15.8. The molecule has 0 saturated heterocycles. The molecule has 0 spiro atoms. The lowest BCUT2D eigenvalue weighted by atomic mass is 9.85. The Bertz CT molecular complexity index is 413. The van der Waals surface area contributed by atoms with Gasteiger partial charge < -0.3 is 14.8 Å². The van der Waals surface area contributed by atoms with Crippen molar-refractivity contribution in [1.82, 2.24) is 5.32 Å². The first-order chi connectivity index (χ1) is 8.82. The van der Waals surface area contributed by atoms with E-state index in [-0.39, 0.29) is 5.56 Å².